The predicted octanol–water partition coefficient (Wildman–Crippen LogP) is 2.01. The summed E-state index contributed by atoms with van der Waals surface area (Å²) >= 11 is 0. The third-order valence-corrected chi connectivity index (χ3v) is 3.18. The van der Waals surface area contributed by atoms with Crippen LogP contribution in [0.2, 0.25) is 0 Å². The highest BCUT2D eigenvalue weighted by Gasteiger charge is 2.15. The molecule has 106 valence electrons. The maximum atomic E-state index is 10.7. The second-order valence-corrected chi connectivity index (χ2v) is 4.90. The second-order valence-electron chi connectivity index (χ2n) is 4.90. The smallest absolute Gasteiger partial charge is 0.303 e. The van der Waals surface area contributed by atoms with Crippen LogP contribution in [-0.4, -0.2) is 31.3 Å². The van der Waals surface area contributed by atoms with Gasteiger partial charge in [-0.1, -0.05) is 38.1 Å². The fourth-order valence-corrected chi connectivity index (χ4v) is 2.23. The Bertz CT molecular complexity index is 594. The number of carboxylic acids is 1. The van der Waals surface area contributed by atoms with E-state index in [1.54, 1.807) is 4.68 Å². The number of hydrogen-bond donors (Lipinski definition) is 1. The number of rotatable bonds is 6. The van der Waals surface area contributed by atoms with Crippen molar-refractivity contribution in [2.24, 2.45) is 5.92 Å². The maximum Gasteiger partial charge on any atom is 0.303 e. The van der Waals surface area contributed by atoms with Crippen molar-refractivity contribution in [1.29, 1.82) is 0 Å². The first kappa shape index (κ1) is 14.2. The Morgan fingerprint density at radius 2 is 2.15 bits per heavy atom. The molecule has 6 heteroatoms. The van der Waals surface area contributed by atoms with E-state index in [1.165, 1.54) is 5.56 Å². The number of aromatic nitrogens is 4. The first-order chi connectivity index (χ1) is 9.61. The van der Waals surface area contributed by atoms with Crippen molar-refractivity contribution in [1.82, 2.24) is 20.2 Å². The molecule has 0 radical (unpaired) electrons. The lowest BCUT2D eigenvalue weighted by Crippen LogP contribution is -2.14. The molecule has 0 spiro atoms. The number of carboxylic acid groups (broad SMARTS) is 1. The molecule has 1 aromatic heterocycles. The van der Waals surface area contributed by atoms with E-state index in [9.17, 15) is 4.79 Å². The molecule has 0 fully saturated rings. The molecule has 0 aliphatic carbocycles. The minimum atomic E-state index is -0.805. The van der Waals surface area contributed by atoms with E-state index >= 15 is 0 Å². The third-order valence-electron chi connectivity index (χ3n) is 3.18. The van der Waals surface area contributed by atoms with E-state index in [4.69, 9.17) is 5.11 Å². The molecule has 0 saturated heterocycles. The van der Waals surface area contributed by atoms with Gasteiger partial charge in [0.25, 0.3) is 0 Å². The molecule has 0 aliphatic rings. The minimum absolute atomic E-state index is 0.0245. The maximum absolute atomic E-state index is 10.7. The second kappa shape index (κ2) is 6.27. The van der Waals surface area contributed by atoms with Crippen molar-refractivity contribution < 1.29 is 9.90 Å². The van der Waals surface area contributed by atoms with Crippen LogP contribution in [0.1, 0.15) is 25.8 Å². The molecule has 6 nitrogen and oxygen atoms in total. The molecule has 1 heterocycles. The van der Waals surface area contributed by atoms with Crippen LogP contribution in [-0.2, 0) is 17.8 Å². The van der Waals surface area contributed by atoms with Gasteiger partial charge >= 0.3 is 5.97 Å². The van der Waals surface area contributed by atoms with Gasteiger partial charge in [-0.15, -0.1) is 5.10 Å². The zero-order valence-electron chi connectivity index (χ0n) is 11.7. The summed E-state index contributed by atoms with van der Waals surface area (Å²) in [7, 11) is 0. The molecule has 1 aromatic carbocycles. The quantitative estimate of drug-likeness (QED) is 0.871. The third kappa shape index (κ3) is 3.20. The number of hydrogen-bond acceptors (Lipinski definition) is 4. The molecule has 0 aliphatic heterocycles. The standard InChI is InChI=1S/C14H18N4O2/c1-3-11-6-4-5-7-12(11)14-15-16-17-18(14)9-10(2)8-13(19)20/h4-7,10H,3,8-9H2,1-2H3,(H,19,20). The molecule has 0 bridgehead atoms. The van der Waals surface area contributed by atoms with Crippen LogP contribution in [0.15, 0.2) is 24.3 Å². The Morgan fingerprint density at radius 1 is 1.40 bits per heavy atom. The minimum Gasteiger partial charge on any atom is -0.481 e. The molecule has 1 atom stereocenters. The normalized spacial score (nSPS) is 12.3. The van der Waals surface area contributed by atoms with Gasteiger partial charge in [0.1, 0.15) is 0 Å². The van der Waals surface area contributed by atoms with E-state index in [0.717, 1.165) is 12.0 Å². The van der Waals surface area contributed by atoms with E-state index in [-0.39, 0.29) is 12.3 Å². The van der Waals surface area contributed by atoms with Gasteiger partial charge in [-0.3, -0.25) is 4.79 Å². The lowest BCUT2D eigenvalue weighted by atomic mass is 10.0. The van der Waals surface area contributed by atoms with Crippen molar-refractivity contribution in [2.45, 2.75) is 33.2 Å². The average molecular weight is 274 g/mol. The number of benzene rings is 1. The monoisotopic (exact) mass is 274 g/mol. The van der Waals surface area contributed by atoms with Crippen molar-refractivity contribution in [3.63, 3.8) is 0 Å². The SMILES string of the molecule is CCc1ccccc1-c1nnnn1CC(C)CC(=O)O. The highest BCUT2D eigenvalue weighted by atomic mass is 16.4. The summed E-state index contributed by atoms with van der Waals surface area (Å²) in [5.74, 6) is -0.135. The van der Waals surface area contributed by atoms with Gasteiger partial charge in [0.05, 0.1) is 0 Å². The summed E-state index contributed by atoms with van der Waals surface area (Å²) in [6.45, 7) is 4.46. The Hall–Kier alpha value is -2.24. The van der Waals surface area contributed by atoms with E-state index < -0.39 is 5.97 Å². The number of nitrogens with zero attached hydrogens (tertiary/aromatic N) is 4. The Balaban J connectivity index is 2.26. The number of tetrazole rings is 1. The predicted molar refractivity (Wildman–Crippen MR) is 74.0 cm³/mol. The molecule has 2 rings (SSSR count). The van der Waals surface area contributed by atoms with Gasteiger partial charge < -0.3 is 5.11 Å². The van der Waals surface area contributed by atoms with Crippen LogP contribution in [0.5, 0.6) is 0 Å². The molecule has 20 heavy (non-hydrogen) atoms. The fraction of sp³-hybridized carbons (Fsp3) is 0.429. The van der Waals surface area contributed by atoms with Crippen molar-refractivity contribution in [2.75, 3.05) is 0 Å². The van der Waals surface area contributed by atoms with E-state index in [0.29, 0.717) is 12.4 Å². The van der Waals surface area contributed by atoms with Gasteiger partial charge in [0, 0.05) is 18.5 Å². The van der Waals surface area contributed by atoms with Crippen LogP contribution < -0.4 is 0 Å². The van der Waals surface area contributed by atoms with Crippen LogP contribution in [0.3, 0.4) is 0 Å². The molecular weight excluding hydrogens is 256 g/mol. The topological polar surface area (TPSA) is 80.9 Å². The Labute approximate surface area is 117 Å². The van der Waals surface area contributed by atoms with Gasteiger partial charge in [-0.05, 0) is 28.3 Å². The van der Waals surface area contributed by atoms with Crippen LogP contribution in [0.4, 0.5) is 0 Å². The highest BCUT2D eigenvalue weighted by Crippen LogP contribution is 2.22. The highest BCUT2D eigenvalue weighted by molar-refractivity contribution is 5.67. The fourth-order valence-electron chi connectivity index (χ4n) is 2.23. The first-order valence-corrected chi connectivity index (χ1v) is 6.68. The first-order valence-electron chi connectivity index (χ1n) is 6.68. The molecule has 1 N–H and O–H groups in total. The number of aliphatic carboxylic acids is 1. The molecule has 0 amide bonds. The van der Waals surface area contributed by atoms with Crippen LogP contribution >= 0.6 is 0 Å². The van der Waals surface area contributed by atoms with Gasteiger partial charge in [-0.25, -0.2) is 4.68 Å². The van der Waals surface area contributed by atoms with Gasteiger partial charge in [-0.2, -0.15) is 0 Å². The zero-order valence-corrected chi connectivity index (χ0v) is 11.7. The Kier molecular flexibility index (Phi) is 4.45. The van der Waals surface area contributed by atoms with Gasteiger partial charge in [0.2, 0.25) is 0 Å². The van der Waals surface area contributed by atoms with Crippen molar-refractivity contribution in [3.05, 3.63) is 29.8 Å². The summed E-state index contributed by atoms with van der Waals surface area (Å²) < 4.78 is 1.68. The number of carbonyl (C=O) groups is 1. The molecule has 0 saturated carbocycles. The average Bonchev–Trinajstić information content (AvgIpc) is 2.85. The zero-order chi connectivity index (χ0) is 14.5. The van der Waals surface area contributed by atoms with E-state index in [1.807, 2.05) is 25.1 Å². The Morgan fingerprint density at radius 3 is 2.85 bits per heavy atom. The summed E-state index contributed by atoms with van der Waals surface area (Å²) in [5.41, 5.74) is 2.18. The summed E-state index contributed by atoms with van der Waals surface area (Å²) in [5, 5.41) is 20.6. The van der Waals surface area contributed by atoms with Crippen LogP contribution in [0, 0.1) is 5.92 Å². The van der Waals surface area contributed by atoms with E-state index in [2.05, 4.69) is 28.5 Å². The summed E-state index contributed by atoms with van der Waals surface area (Å²) in [6.07, 6.45) is 1.00. The summed E-state index contributed by atoms with van der Waals surface area (Å²) in [4.78, 5) is 10.7. The van der Waals surface area contributed by atoms with Crippen LogP contribution in [0.25, 0.3) is 11.4 Å². The largest absolute Gasteiger partial charge is 0.481 e. The molecule has 2 aromatic rings. The lowest BCUT2D eigenvalue weighted by Gasteiger charge is -2.11. The lowest BCUT2D eigenvalue weighted by molar-refractivity contribution is -0.138. The summed E-state index contributed by atoms with van der Waals surface area (Å²) in [6, 6.07) is 7.98. The van der Waals surface area contributed by atoms with Crippen molar-refractivity contribution >= 4 is 5.97 Å². The molecule has 1 unspecified atom stereocenters. The molecular formula is C14H18N4O2. The van der Waals surface area contributed by atoms with Crippen molar-refractivity contribution in [3.8, 4) is 11.4 Å². The number of aryl methyl sites for hydroxylation is 1. The van der Waals surface area contributed by atoms with Gasteiger partial charge in [0.15, 0.2) is 5.82 Å².